The van der Waals surface area contributed by atoms with Crippen LogP contribution < -0.4 is 5.32 Å². The second-order valence-corrected chi connectivity index (χ2v) is 16.7. The molecule has 0 radical (unpaired) electrons. The van der Waals surface area contributed by atoms with Crippen LogP contribution in [-0.2, 0) is 6.42 Å². The van der Waals surface area contributed by atoms with E-state index in [0.717, 1.165) is 38.5 Å². The molecule has 0 bridgehead atoms. The van der Waals surface area contributed by atoms with E-state index in [1.807, 2.05) is 0 Å². The molecule has 1 N–H and O–H groups in total. The number of aryl methyl sites for hydroxylation is 1. The molecule has 2 aromatic carbocycles. The van der Waals surface area contributed by atoms with E-state index < -0.39 is 0 Å². The number of benzene rings is 2. The van der Waals surface area contributed by atoms with Crippen molar-refractivity contribution in [2.24, 2.45) is 11.8 Å². The predicted molar refractivity (Wildman–Crippen MR) is 227 cm³/mol. The Morgan fingerprint density at radius 1 is 0.704 bits per heavy atom. The molecule has 7 aliphatic carbocycles. The van der Waals surface area contributed by atoms with E-state index in [1.165, 1.54) is 108 Å². The van der Waals surface area contributed by atoms with Crippen LogP contribution in [0.5, 0.6) is 0 Å². The van der Waals surface area contributed by atoms with Crippen LogP contribution in [0, 0.1) is 11.8 Å². The van der Waals surface area contributed by atoms with Crippen molar-refractivity contribution in [2.45, 2.75) is 102 Å². The van der Waals surface area contributed by atoms with E-state index in [0.29, 0.717) is 17.9 Å². The summed E-state index contributed by atoms with van der Waals surface area (Å²) in [6, 6.07) is 18.8. The van der Waals surface area contributed by atoms with Crippen molar-refractivity contribution in [1.29, 1.82) is 0 Å². The van der Waals surface area contributed by atoms with E-state index in [2.05, 4.69) is 132 Å². The summed E-state index contributed by atoms with van der Waals surface area (Å²) in [5.74, 6) is 0.859. The summed E-state index contributed by atoms with van der Waals surface area (Å²) in [6.07, 6.45) is 47.3. The summed E-state index contributed by atoms with van der Waals surface area (Å²) in [6.45, 7) is 0. The van der Waals surface area contributed by atoms with Gasteiger partial charge in [0.15, 0.2) is 0 Å². The fourth-order valence-corrected chi connectivity index (χ4v) is 10.7. The quantitative estimate of drug-likeness (QED) is 0.308. The molecule has 272 valence electrons. The molecule has 1 aliphatic heterocycles. The third-order valence-corrected chi connectivity index (χ3v) is 13.4. The highest BCUT2D eigenvalue weighted by Crippen LogP contribution is 2.51. The molecule has 0 spiro atoms. The molecule has 1 heterocycles. The molecule has 0 saturated carbocycles. The van der Waals surface area contributed by atoms with Crippen LogP contribution in [-0.4, -0.2) is 10.9 Å². The van der Waals surface area contributed by atoms with Gasteiger partial charge in [-0.05, 0) is 171 Å². The van der Waals surface area contributed by atoms with Gasteiger partial charge >= 0.3 is 0 Å². The normalized spacial score (nSPS) is 26.2. The predicted octanol–water partition coefficient (Wildman–Crippen LogP) is 13.4. The van der Waals surface area contributed by atoms with Crippen LogP contribution in [0.3, 0.4) is 0 Å². The van der Waals surface area contributed by atoms with E-state index in [9.17, 15) is 0 Å². The van der Waals surface area contributed by atoms with E-state index in [1.54, 1.807) is 28.1 Å². The number of rotatable bonds is 7. The topological polar surface area (TPSA) is 15.3 Å². The van der Waals surface area contributed by atoms with Crippen LogP contribution in [0.2, 0.25) is 0 Å². The first-order valence-corrected chi connectivity index (χ1v) is 21.2. The van der Waals surface area contributed by atoms with E-state index >= 15 is 0 Å². The van der Waals surface area contributed by atoms with Crippen molar-refractivity contribution in [3.8, 4) is 0 Å². The zero-order valence-electron chi connectivity index (χ0n) is 31.8. The first kappa shape index (κ1) is 33.7. The molecule has 2 aromatic rings. The maximum absolute atomic E-state index is 3.96. The largest absolute Gasteiger partial charge is 0.355 e. The third kappa shape index (κ3) is 6.42. The molecule has 0 amide bonds. The lowest BCUT2D eigenvalue weighted by Crippen LogP contribution is -2.34. The maximum Gasteiger partial charge on any atom is 0.0420 e. The fraction of sp³-hybridized carbons (Fsp3) is 0.346. The van der Waals surface area contributed by atoms with E-state index in [4.69, 9.17) is 0 Å². The minimum Gasteiger partial charge on any atom is -0.355 e. The second kappa shape index (κ2) is 14.8. The highest BCUT2D eigenvalue weighted by molar-refractivity contribution is 5.85. The minimum atomic E-state index is 0.389. The standard InChI is InChI=1S/C52H54N2/c1-3-13-36(14-4-1)38-25-29-44(30-26-38)54-51-24-10-9-22-47(51)49-35-42(28-32-52(49)54)41-27-31-50(48(34-41)46-23-12-18-39-17-7-8-21-45(39)46)53-43-20-11-19-40(33-43)37-15-5-2-6-16-37/h3,7-9,11,13-15,17,19-23,25,27-28,31-33,41,44,49,53H,1-2,4-6,10,12,16,18,24,26,29-30,34-35H2. The molecular formula is C52H54N2. The smallest absolute Gasteiger partial charge is 0.0420 e. The first-order valence-electron chi connectivity index (χ1n) is 21.2. The average Bonchev–Trinajstić information content (AvgIpc) is 3.58. The number of allylic oxidation sites excluding steroid dienone is 19. The Kier molecular flexibility index (Phi) is 9.23. The maximum atomic E-state index is 3.96. The Hall–Kier alpha value is -4.82. The Morgan fingerprint density at radius 2 is 1.67 bits per heavy atom. The molecule has 0 saturated heterocycles. The lowest BCUT2D eigenvalue weighted by Gasteiger charge is -2.38. The molecule has 0 fully saturated rings. The molecule has 2 heteroatoms. The van der Waals surface area contributed by atoms with Crippen molar-refractivity contribution < 1.29 is 0 Å². The number of hydrogen-bond acceptors (Lipinski definition) is 2. The van der Waals surface area contributed by atoms with Crippen molar-refractivity contribution >= 4 is 16.8 Å². The van der Waals surface area contributed by atoms with Crippen molar-refractivity contribution in [1.82, 2.24) is 4.90 Å². The molecule has 0 aromatic heterocycles. The Labute approximate surface area is 323 Å². The third-order valence-electron chi connectivity index (χ3n) is 13.4. The van der Waals surface area contributed by atoms with Crippen LogP contribution in [0.1, 0.15) is 107 Å². The molecule has 3 unspecified atom stereocenters. The molecule has 54 heavy (non-hydrogen) atoms. The monoisotopic (exact) mass is 706 g/mol. The summed E-state index contributed by atoms with van der Waals surface area (Å²) in [5, 5.41) is 3.96. The lowest BCUT2D eigenvalue weighted by molar-refractivity contribution is 0.280. The Morgan fingerprint density at radius 3 is 2.56 bits per heavy atom. The van der Waals surface area contributed by atoms with Crippen LogP contribution >= 0.6 is 0 Å². The molecule has 3 atom stereocenters. The van der Waals surface area contributed by atoms with Crippen molar-refractivity contribution in [2.75, 3.05) is 5.32 Å². The zero-order chi connectivity index (χ0) is 35.8. The van der Waals surface area contributed by atoms with Gasteiger partial charge in [-0.2, -0.15) is 0 Å². The first-order chi connectivity index (χ1) is 26.8. The van der Waals surface area contributed by atoms with Crippen LogP contribution in [0.4, 0.5) is 5.69 Å². The number of fused-ring (bicyclic) bond motifs is 3. The minimum absolute atomic E-state index is 0.389. The van der Waals surface area contributed by atoms with Gasteiger partial charge in [-0.3, -0.25) is 0 Å². The van der Waals surface area contributed by atoms with Gasteiger partial charge in [0.25, 0.3) is 0 Å². The molecule has 8 aliphatic rings. The van der Waals surface area contributed by atoms with Crippen molar-refractivity contribution in [3.05, 3.63) is 183 Å². The number of nitrogens with zero attached hydrogens (tertiary/aromatic N) is 1. The summed E-state index contributed by atoms with van der Waals surface area (Å²) < 4.78 is 0. The molecular weight excluding hydrogens is 653 g/mol. The summed E-state index contributed by atoms with van der Waals surface area (Å²) >= 11 is 0. The SMILES string of the molecule is C1=CC(C2=CCC(N3C4=CC=C(C5C=CC(Nc6cccc(C7=CCCCC7)c6)=C(C6=CCCc7ccccc76)C5)CC4C4=C3CCC=C4)CC2)=CCC1. The van der Waals surface area contributed by atoms with Crippen LogP contribution in [0.25, 0.3) is 11.1 Å². The zero-order valence-corrected chi connectivity index (χ0v) is 31.8. The highest BCUT2D eigenvalue weighted by Gasteiger charge is 2.41. The van der Waals surface area contributed by atoms with Gasteiger partial charge in [0.05, 0.1) is 0 Å². The summed E-state index contributed by atoms with van der Waals surface area (Å²) in [5.41, 5.74) is 20.5. The van der Waals surface area contributed by atoms with Gasteiger partial charge < -0.3 is 10.2 Å². The van der Waals surface area contributed by atoms with Gasteiger partial charge in [-0.1, -0.05) is 103 Å². The van der Waals surface area contributed by atoms with Gasteiger partial charge in [0.2, 0.25) is 0 Å². The Balaban J connectivity index is 0.951. The average molecular weight is 707 g/mol. The van der Waals surface area contributed by atoms with Gasteiger partial charge in [0, 0.05) is 40.7 Å². The number of hydrogen-bond donors (Lipinski definition) is 1. The van der Waals surface area contributed by atoms with E-state index in [-0.39, 0.29) is 0 Å². The van der Waals surface area contributed by atoms with Gasteiger partial charge in [-0.25, -0.2) is 0 Å². The van der Waals surface area contributed by atoms with Gasteiger partial charge in [0.1, 0.15) is 0 Å². The molecule has 2 nitrogen and oxygen atoms in total. The van der Waals surface area contributed by atoms with Crippen LogP contribution in [0.15, 0.2) is 166 Å². The summed E-state index contributed by atoms with van der Waals surface area (Å²) in [7, 11) is 0. The van der Waals surface area contributed by atoms with Gasteiger partial charge in [-0.15, -0.1) is 0 Å². The highest BCUT2D eigenvalue weighted by atomic mass is 15.2. The second-order valence-electron chi connectivity index (χ2n) is 16.7. The Bertz CT molecular complexity index is 2200. The van der Waals surface area contributed by atoms with Crippen molar-refractivity contribution in [3.63, 3.8) is 0 Å². The molecule has 10 rings (SSSR count). The fourth-order valence-electron chi connectivity index (χ4n) is 10.7. The summed E-state index contributed by atoms with van der Waals surface area (Å²) in [4.78, 5) is 2.82. The lowest BCUT2D eigenvalue weighted by atomic mass is 9.75. The number of anilines is 1. The number of nitrogens with one attached hydrogen (secondary N) is 1.